The second kappa shape index (κ2) is 9.56. The van der Waals surface area contributed by atoms with Crippen molar-refractivity contribution in [3.63, 3.8) is 0 Å². The molecule has 8 heteroatoms. The first-order valence-electron chi connectivity index (χ1n) is 9.94. The van der Waals surface area contributed by atoms with E-state index in [-0.39, 0.29) is 18.3 Å². The first kappa shape index (κ1) is 20.9. The van der Waals surface area contributed by atoms with Gasteiger partial charge < -0.3 is 20.1 Å². The maximum atomic E-state index is 12.6. The van der Waals surface area contributed by atoms with Crippen LogP contribution in [-0.2, 0) is 17.8 Å². The number of unbranched alkanes of at least 4 members (excludes halogenated alkanes) is 1. The number of fused-ring (bicyclic) bond motifs is 1. The Morgan fingerprint density at radius 2 is 1.90 bits per heavy atom. The van der Waals surface area contributed by atoms with Gasteiger partial charge in [0.25, 0.3) is 0 Å². The third kappa shape index (κ3) is 5.35. The highest BCUT2D eigenvalue weighted by Gasteiger charge is 2.32. The topological polar surface area (TPSA) is 93.8 Å². The predicted octanol–water partition coefficient (Wildman–Crippen LogP) is 2.27. The van der Waals surface area contributed by atoms with E-state index >= 15 is 0 Å². The van der Waals surface area contributed by atoms with Gasteiger partial charge in [0.05, 0.1) is 19.6 Å². The SMILES string of the molecule is CCCCOc1nc(N)c2c(n1)N(Cc1ccc(OCCN(C)C)cc1)C(=O)C2. The minimum absolute atomic E-state index is 0.0435. The van der Waals surface area contributed by atoms with Crippen LogP contribution in [0.25, 0.3) is 0 Å². The average Bonchev–Trinajstić information content (AvgIpc) is 2.99. The van der Waals surface area contributed by atoms with Crippen LogP contribution in [0.5, 0.6) is 11.8 Å². The van der Waals surface area contributed by atoms with Gasteiger partial charge in [-0.3, -0.25) is 9.69 Å². The van der Waals surface area contributed by atoms with Crippen molar-refractivity contribution in [2.24, 2.45) is 0 Å². The summed E-state index contributed by atoms with van der Waals surface area (Å²) >= 11 is 0. The van der Waals surface area contributed by atoms with Crippen molar-refractivity contribution in [3.8, 4) is 11.8 Å². The molecule has 0 saturated carbocycles. The summed E-state index contributed by atoms with van der Waals surface area (Å²) in [5.41, 5.74) is 7.70. The maximum absolute atomic E-state index is 12.6. The molecule has 0 spiro atoms. The minimum atomic E-state index is -0.0435. The van der Waals surface area contributed by atoms with Gasteiger partial charge in [-0.1, -0.05) is 25.5 Å². The Balaban J connectivity index is 1.69. The van der Waals surface area contributed by atoms with Crippen LogP contribution in [0, 0.1) is 0 Å². The number of rotatable bonds is 10. The first-order chi connectivity index (χ1) is 14.0. The summed E-state index contributed by atoms with van der Waals surface area (Å²) < 4.78 is 11.3. The summed E-state index contributed by atoms with van der Waals surface area (Å²) in [6.45, 7) is 4.50. The molecule has 1 aromatic carbocycles. The Morgan fingerprint density at radius 1 is 1.14 bits per heavy atom. The fourth-order valence-electron chi connectivity index (χ4n) is 2.98. The smallest absolute Gasteiger partial charge is 0.320 e. The molecule has 2 aromatic rings. The minimum Gasteiger partial charge on any atom is -0.492 e. The molecule has 1 aromatic heterocycles. The highest BCUT2D eigenvalue weighted by Crippen LogP contribution is 2.33. The van der Waals surface area contributed by atoms with Gasteiger partial charge in [-0.25, -0.2) is 0 Å². The van der Waals surface area contributed by atoms with Gasteiger partial charge in [0, 0.05) is 12.1 Å². The lowest BCUT2D eigenvalue weighted by Gasteiger charge is -2.18. The van der Waals surface area contributed by atoms with E-state index in [0.29, 0.717) is 37.0 Å². The van der Waals surface area contributed by atoms with Gasteiger partial charge in [0.2, 0.25) is 5.91 Å². The number of nitrogens with two attached hydrogens (primary N) is 1. The van der Waals surface area contributed by atoms with Crippen molar-refractivity contribution >= 4 is 17.5 Å². The fourth-order valence-corrected chi connectivity index (χ4v) is 2.98. The normalized spacial score (nSPS) is 13.1. The van der Waals surface area contributed by atoms with Crippen LogP contribution in [0.4, 0.5) is 11.6 Å². The van der Waals surface area contributed by atoms with Crippen LogP contribution >= 0.6 is 0 Å². The number of benzene rings is 1. The third-order valence-electron chi connectivity index (χ3n) is 4.68. The number of hydrogen-bond donors (Lipinski definition) is 1. The zero-order valence-corrected chi connectivity index (χ0v) is 17.4. The van der Waals surface area contributed by atoms with Crippen molar-refractivity contribution < 1.29 is 14.3 Å². The van der Waals surface area contributed by atoms with Crippen LogP contribution in [0.15, 0.2) is 24.3 Å². The molecule has 1 amide bonds. The number of ether oxygens (including phenoxy) is 2. The van der Waals surface area contributed by atoms with E-state index in [4.69, 9.17) is 15.2 Å². The highest BCUT2D eigenvalue weighted by molar-refractivity contribution is 6.01. The second-order valence-corrected chi connectivity index (χ2v) is 7.35. The first-order valence-corrected chi connectivity index (χ1v) is 9.94. The van der Waals surface area contributed by atoms with Crippen LogP contribution < -0.4 is 20.1 Å². The van der Waals surface area contributed by atoms with E-state index in [1.54, 1.807) is 4.90 Å². The van der Waals surface area contributed by atoms with Crippen molar-refractivity contribution in [1.82, 2.24) is 14.9 Å². The molecule has 0 unspecified atom stereocenters. The Kier molecular flexibility index (Phi) is 6.87. The number of nitrogen functional groups attached to an aromatic ring is 1. The van der Waals surface area contributed by atoms with Crippen molar-refractivity contribution in [2.75, 3.05) is 44.5 Å². The molecular weight excluding hydrogens is 370 g/mol. The number of nitrogens with zero attached hydrogens (tertiary/aromatic N) is 4. The van der Waals surface area contributed by atoms with E-state index in [1.165, 1.54) is 0 Å². The Labute approximate surface area is 171 Å². The molecule has 0 fully saturated rings. The number of aromatic nitrogens is 2. The largest absolute Gasteiger partial charge is 0.492 e. The molecule has 3 rings (SSSR count). The van der Waals surface area contributed by atoms with Gasteiger partial charge in [0.1, 0.15) is 24.0 Å². The third-order valence-corrected chi connectivity index (χ3v) is 4.68. The highest BCUT2D eigenvalue weighted by atomic mass is 16.5. The monoisotopic (exact) mass is 399 g/mol. The zero-order valence-electron chi connectivity index (χ0n) is 17.4. The molecule has 0 saturated heterocycles. The van der Waals surface area contributed by atoms with E-state index < -0.39 is 0 Å². The quantitative estimate of drug-likeness (QED) is 0.613. The fraction of sp³-hybridized carbons (Fsp3) is 0.476. The van der Waals surface area contributed by atoms with E-state index in [9.17, 15) is 4.79 Å². The Bertz CT molecular complexity index is 839. The number of likely N-dealkylation sites (N-methyl/N-ethyl adjacent to an activating group) is 1. The lowest BCUT2D eigenvalue weighted by Crippen LogP contribution is -2.26. The predicted molar refractivity (Wildman–Crippen MR) is 112 cm³/mol. The molecule has 0 aliphatic carbocycles. The lowest BCUT2D eigenvalue weighted by molar-refractivity contribution is -0.117. The standard InChI is InChI=1S/C21H29N5O3/c1-4-5-11-29-21-23-19(22)17-13-18(27)26(20(17)24-21)14-15-6-8-16(9-7-15)28-12-10-25(2)3/h6-9H,4-5,10-14H2,1-3H3,(H2,22,23,24). The van der Waals surface area contributed by atoms with Gasteiger partial charge in [0.15, 0.2) is 0 Å². The molecule has 156 valence electrons. The van der Waals surface area contributed by atoms with Crippen molar-refractivity contribution in [2.45, 2.75) is 32.7 Å². The van der Waals surface area contributed by atoms with Crippen LogP contribution in [-0.4, -0.2) is 54.6 Å². The molecule has 1 aliphatic heterocycles. The molecule has 2 N–H and O–H groups in total. The van der Waals surface area contributed by atoms with Crippen molar-refractivity contribution in [3.05, 3.63) is 35.4 Å². The molecule has 29 heavy (non-hydrogen) atoms. The summed E-state index contributed by atoms with van der Waals surface area (Å²) in [6.07, 6.45) is 2.13. The molecule has 8 nitrogen and oxygen atoms in total. The Morgan fingerprint density at radius 3 is 2.59 bits per heavy atom. The summed E-state index contributed by atoms with van der Waals surface area (Å²) in [5, 5.41) is 0. The van der Waals surface area contributed by atoms with Gasteiger partial charge >= 0.3 is 6.01 Å². The van der Waals surface area contributed by atoms with Gasteiger partial charge in [-0.15, -0.1) is 0 Å². The Hall–Kier alpha value is -2.87. The van der Waals surface area contributed by atoms with Crippen molar-refractivity contribution in [1.29, 1.82) is 0 Å². The van der Waals surface area contributed by atoms with Crippen LogP contribution in [0.3, 0.4) is 0 Å². The summed E-state index contributed by atoms with van der Waals surface area (Å²) in [6, 6.07) is 7.97. The molecule has 0 atom stereocenters. The number of amides is 1. The molecule has 1 aliphatic rings. The van der Waals surface area contributed by atoms with E-state index in [0.717, 1.165) is 30.7 Å². The molecular formula is C21H29N5O3. The molecule has 2 heterocycles. The van der Waals surface area contributed by atoms with E-state index in [2.05, 4.69) is 21.8 Å². The van der Waals surface area contributed by atoms with Gasteiger partial charge in [-0.05, 0) is 38.2 Å². The maximum Gasteiger partial charge on any atom is 0.320 e. The van der Waals surface area contributed by atoms with E-state index in [1.807, 2.05) is 38.4 Å². The number of carbonyl (C=O) groups is 1. The second-order valence-electron chi connectivity index (χ2n) is 7.35. The number of anilines is 2. The number of carbonyl (C=O) groups excluding carboxylic acids is 1. The average molecular weight is 399 g/mol. The molecule has 0 bridgehead atoms. The van der Waals surface area contributed by atoms with Crippen LogP contribution in [0.1, 0.15) is 30.9 Å². The summed E-state index contributed by atoms with van der Waals surface area (Å²) in [5.74, 6) is 1.61. The lowest BCUT2D eigenvalue weighted by atomic mass is 10.2. The van der Waals surface area contributed by atoms with Crippen LogP contribution in [0.2, 0.25) is 0 Å². The van der Waals surface area contributed by atoms with Gasteiger partial charge in [-0.2, -0.15) is 9.97 Å². The summed E-state index contributed by atoms with van der Waals surface area (Å²) in [4.78, 5) is 24.9. The number of hydrogen-bond acceptors (Lipinski definition) is 7. The molecule has 0 radical (unpaired) electrons. The summed E-state index contributed by atoms with van der Waals surface area (Å²) in [7, 11) is 4.02. The zero-order chi connectivity index (χ0) is 20.8.